The number of aliphatic hydroxyl groups is 1. The van der Waals surface area contributed by atoms with Gasteiger partial charge in [0.05, 0.1) is 39.1 Å². The van der Waals surface area contributed by atoms with Gasteiger partial charge >= 0.3 is 0 Å². The molecule has 3 aliphatic carbocycles. The van der Waals surface area contributed by atoms with Crippen molar-refractivity contribution in [1.82, 2.24) is 10.1 Å². The van der Waals surface area contributed by atoms with Crippen LogP contribution in [0.5, 0.6) is 0 Å². The van der Waals surface area contributed by atoms with Crippen LogP contribution in [0.2, 0.25) is 10.0 Å². The summed E-state index contributed by atoms with van der Waals surface area (Å²) in [6.45, 7) is 0.317. The molecule has 3 fully saturated rings. The fourth-order valence-corrected chi connectivity index (χ4v) is 8.31. The Bertz CT molecular complexity index is 1610. The van der Waals surface area contributed by atoms with Crippen molar-refractivity contribution in [2.24, 2.45) is 11.8 Å². The SMILES string of the molecule is N#Cc1cc(F)c2nc(C3(O)C4CC[C@H]3CC(OCc3c(-c5c(Cl)cccc5Cl)noc3C3CC3)C4)sc2c1. The molecule has 2 bridgehead atoms. The van der Waals surface area contributed by atoms with Crippen molar-refractivity contribution in [2.45, 2.75) is 62.8 Å². The van der Waals surface area contributed by atoms with Gasteiger partial charge in [0.25, 0.3) is 0 Å². The van der Waals surface area contributed by atoms with Crippen LogP contribution < -0.4 is 0 Å². The van der Waals surface area contributed by atoms with E-state index in [1.807, 2.05) is 6.07 Å². The minimum absolute atomic E-state index is 0.0526. The molecule has 1 N–H and O–H groups in total. The Morgan fingerprint density at radius 1 is 1.15 bits per heavy atom. The maximum Gasteiger partial charge on any atom is 0.151 e. The van der Waals surface area contributed by atoms with Crippen LogP contribution >= 0.6 is 34.5 Å². The lowest BCUT2D eigenvalue weighted by Crippen LogP contribution is -2.44. The van der Waals surface area contributed by atoms with E-state index in [0.717, 1.165) is 37.0 Å². The van der Waals surface area contributed by atoms with Gasteiger partial charge < -0.3 is 14.4 Å². The fourth-order valence-electron chi connectivity index (χ4n) is 6.46. The van der Waals surface area contributed by atoms with Crippen LogP contribution in [-0.2, 0) is 16.9 Å². The first-order chi connectivity index (χ1) is 18.9. The van der Waals surface area contributed by atoms with E-state index in [4.69, 9.17) is 32.5 Å². The molecule has 200 valence electrons. The van der Waals surface area contributed by atoms with Gasteiger partial charge in [0.2, 0.25) is 0 Å². The molecule has 3 saturated carbocycles. The highest BCUT2D eigenvalue weighted by molar-refractivity contribution is 7.18. The Hall–Kier alpha value is -2.54. The zero-order valence-electron chi connectivity index (χ0n) is 20.8. The second-order valence-electron chi connectivity index (χ2n) is 10.9. The van der Waals surface area contributed by atoms with Gasteiger partial charge in [-0.25, -0.2) is 9.37 Å². The summed E-state index contributed by atoms with van der Waals surface area (Å²) in [7, 11) is 0. The summed E-state index contributed by atoms with van der Waals surface area (Å²) in [5, 5.41) is 27.1. The molecule has 3 unspecified atom stereocenters. The predicted octanol–water partition coefficient (Wildman–Crippen LogP) is 7.74. The Balaban J connectivity index is 1.14. The number of thiazole rings is 1. The minimum Gasteiger partial charge on any atom is -0.382 e. The van der Waals surface area contributed by atoms with Gasteiger partial charge in [-0.3, -0.25) is 0 Å². The van der Waals surface area contributed by atoms with Crippen LogP contribution in [0.15, 0.2) is 34.9 Å². The molecule has 6 nitrogen and oxygen atoms in total. The molecule has 3 aliphatic rings. The van der Waals surface area contributed by atoms with E-state index >= 15 is 0 Å². The molecule has 10 heteroatoms. The van der Waals surface area contributed by atoms with Gasteiger partial charge in [0, 0.05) is 17.0 Å². The highest BCUT2D eigenvalue weighted by Gasteiger charge is 2.56. The quantitative estimate of drug-likeness (QED) is 0.249. The number of nitrogens with zero attached hydrogens (tertiary/aromatic N) is 3. The fraction of sp³-hybridized carbons (Fsp3) is 0.414. The van der Waals surface area contributed by atoms with Crippen molar-refractivity contribution in [3.8, 4) is 17.3 Å². The van der Waals surface area contributed by atoms with Gasteiger partial charge in [-0.2, -0.15) is 5.26 Å². The standard InChI is InChI=1S/C29H24Cl2FN3O3S/c30-20-2-1-3-21(31)24(20)25-19(27(38-35-25)15-4-5-15)13-37-18-10-16-6-7-17(11-18)29(16,36)28-34-26-22(32)8-14(12-33)9-23(26)39-28/h1-3,8-9,15-18,36H,4-7,10-11,13H2/t16-,17?,18?,29?/m0/s1. The summed E-state index contributed by atoms with van der Waals surface area (Å²) in [6.07, 6.45) is 5.08. The van der Waals surface area contributed by atoms with Crippen molar-refractivity contribution in [2.75, 3.05) is 0 Å². The Morgan fingerprint density at radius 2 is 1.87 bits per heavy atom. The molecule has 0 saturated heterocycles. The van der Waals surface area contributed by atoms with Crippen molar-refractivity contribution in [3.05, 3.63) is 68.1 Å². The lowest BCUT2D eigenvalue weighted by atomic mass is 9.73. The van der Waals surface area contributed by atoms with Crippen LogP contribution in [0.25, 0.3) is 21.5 Å². The minimum atomic E-state index is -1.13. The molecule has 0 amide bonds. The number of nitriles is 1. The third kappa shape index (κ3) is 4.18. The second-order valence-corrected chi connectivity index (χ2v) is 12.7. The summed E-state index contributed by atoms with van der Waals surface area (Å²) in [5.74, 6) is 0.532. The molecule has 0 aliphatic heterocycles. The van der Waals surface area contributed by atoms with Crippen LogP contribution in [0.1, 0.15) is 66.3 Å². The van der Waals surface area contributed by atoms with E-state index in [-0.39, 0.29) is 29.0 Å². The predicted molar refractivity (Wildman–Crippen MR) is 146 cm³/mol. The third-order valence-electron chi connectivity index (χ3n) is 8.55. The van der Waals surface area contributed by atoms with Gasteiger partial charge in [-0.1, -0.05) is 34.4 Å². The highest BCUT2D eigenvalue weighted by atomic mass is 35.5. The number of aromatic nitrogens is 2. The highest BCUT2D eigenvalue weighted by Crippen LogP contribution is 2.57. The number of halogens is 3. The maximum atomic E-state index is 14.6. The summed E-state index contributed by atoms with van der Waals surface area (Å²) in [6, 6.07) is 10.2. The Kier molecular flexibility index (Phi) is 6.22. The molecule has 4 aromatic rings. The number of hydrogen-bond donors (Lipinski definition) is 1. The van der Waals surface area contributed by atoms with Crippen LogP contribution in [0.3, 0.4) is 0 Å². The van der Waals surface area contributed by atoms with E-state index in [9.17, 15) is 14.8 Å². The summed E-state index contributed by atoms with van der Waals surface area (Å²) >= 11 is 14.3. The van der Waals surface area contributed by atoms with Crippen LogP contribution in [0.4, 0.5) is 4.39 Å². The van der Waals surface area contributed by atoms with E-state index in [1.54, 1.807) is 24.3 Å². The normalized spacial score (nSPS) is 26.3. The van der Waals surface area contributed by atoms with E-state index in [1.165, 1.54) is 17.4 Å². The molecule has 39 heavy (non-hydrogen) atoms. The van der Waals surface area contributed by atoms with Gasteiger partial charge in [0.1, 0.15) is 27.6 Å². The number of rotatable bonds is 6. The molecular weight excluding hydrogens is 560 g/mol. The first kappa shape index (κ1) is 25.4. The summed E-state index contributed by atoms with van der Waals surface area (Å²) < 4.78 is 27.5. The van der Waals surface area contributed by atoms with Crippen LogP contribution in [0, 0.1) is 29.0 Å². The topological polar surface area (TPSA) is 92.2 Å². The van der Waals surface area contributed by atoms with Crippen molar-refractivity contribution in [1.29, 1.82) is 5.26 Å². The first-order valence-electron chi connectivity index (χ1n) is 13.1. The number of benzene rings is 2. The van der Waals surface area contributed by atoms with E-state index in [2.05, 4.69) is 10.1 Å². The Morgan fingerprint density at radius 3 is 2.54 bits per heavy atom. The average molecular weight is 585 g/mol. The van der Waals surface area contributed by atoms with Crippen LogP contribution in [-0.4, -0.2) is 21.4 Å². The molecule has 0 radical (unpaired) electrons. The van der Waals surface area contributed by atoms with E-state index in [0.29, 0.717) is 56.4 Å². The van der Waals surface area contributed by atoms with Crippen molar-refractivity contribution in [3.63, 3.8) is 0 Å². The lowest BCUT2D eigenvalue weighted by molar-refractivity contribution is -0.116. The zero-order valence-corrected chi connectivity index (χ0v) is 23.1. The third-order valence-corrected chi connectivity index (χ3v) is 10.3. The molecule has 2 heterocycles. The van der Waals surface area contributed by atoms with Gasteiger partial charge in [-0.05, 0) is 74.6 Å². The van der Waals surface area contributed by atoms with Crippen molar-refractivity contribution < 1.29 is 18.8 Å². The number of hydrogen-bond acceptors (Lipinski definition) is 7. The van der Waals surface area contributed by atoms with Gasteiger partial charge in [0.15, 0.2) is 5.82 Å². The summed E-state index contributed by atoms with van der Waals surface area (Å²) in [4.78, 5) is 4.53. The first-order valence-corrected chi connectivity index (χ1v) is 14.7. The molecule has 7 rings (SSSR count). The molecular formula is C29H24Cl2FN3O3S. The Labute approximate surface area is 238 Å². The monoisotopic (exact) mass is 583 g/mol. The maximum absolute atomic E-state index is 14.6. The lowest BCUT2D eigenvalue weighted by Gasteiger charge is -2.41. The molecule has 2 aromatic carbocycles. The molecule has 2 aromatic heterocycles. The average Bonchev–Trinajstić information content (AvgIpc) is 3.49. The largest absolute Gasteiger partial charge is 0.382 e. The molecule has 0 spiro atoms. The zero-order chi connectivity index (χ0) is 26.9. The summed E-state index contributed by atoms with van der Waals surface area (Å²) in [5.41, 5.74) is 1.49. The van der Waals surface area contributed by atoms with Crippen molar-refractivity contribution >= 4 is 44.8 Å². The number of ether oxygens (including phenoxy) is 1. The number of fused-ring (bicyclic) bond motifs is 3. The molecule has 4 atom stereocenters. The van der Waals surface area contributed by atoms with E-state index < -0.39 is 11.4 Å². The smallest absolute Gasteiger partial charge is 0.151 e. The van der Waals surface area contributed by atoms with Gasteiger partial charge in [-0.15, -0.1) is 11.3 Å². The second kappa shape index (κ2) is 9.53.